The second-order valence-corrected chi connectivity index (χ2v) is 17.0. The molecule has 11 heteroatoms. The van der Waals surface area contributed by atoms with Crippen LogP contribution in [-0.4, -0.2) is 32.9 Å². The average molecular weight is 725 g/mol. The maximum absolute atomic E-state index is 12.8. The van der Waals surface area contributed by atoms with Crippen molar-refractivity contribution < 1.29 is 19.1 Å². The van der Waals surface area contributed by atoms with Crippen LogP contribution in [0.3, 0.4) is 0 Å². The van der Waals surface area contributed by atoms with E-state index in [2.05, 4.69) is 38.1 Å². The van der Waals surface area contributed by atoms with Gasteiger partial charge in [0.25, 0.3) is 0 Å². The topological polar surface area (TPSA) is 78.4 Å². The highest BCUT2D eigenvalue weighted by molar-refractivity contribution is 7.31. The Morgan fingerprint density at radius 1 is 0.617 bits per heavy atom. The van der Waals surface area contributed by atoms with E-state index >= 15 is 0 Å². The van der Waals surface area contributed by atoms with Gasteiger partial charge in [-0.25, -0.2) is 9.59 Å². The van der Waals surface area contributed by atoms with Crippen molar-refractivity contribution in [3.63, 3.8) is 0 Å². The lowest BCUT2D eigenvalue weighted by Crippen LogP contribution is -2.14. The van der Waals surface area contributed by atoms with Gasteiger partial charge in [-0.1, -0.05) is 64.5 Å². The largest absolute Gasteiger partial charge is 0.458 e. The van der Waals surface area contributed by atoms with E-state index < -0.39 is 0 Å². The van der Waals surface area contributed by atoms with Crippen LogP contribution in [0.4, 0.5) is 0 Å². The minimum absolute atomic E-state index is 0.0737. The van der Waals surface area contributed by atoms with Crippen molar-refractivity contribution in [3.05, 3.63) is 46.2 Å². The summed E-state index contributed by atoms with van der Waals surface area (Å²) in [6, 6.07) is 12.5. The molecule has 0 unspecified atom stereocenters. The highest BCUT2D eigenvalue weighted by Gasteiger charge is 2.21. The lowest BCUT2D eigenvalue weighted by Gasteiger charge is -2.12. The quantitative estimate of drug-likeness (QED) is 0.0730. The first kappa shape index (κ1) is 34.2. The first-order valence-corrected chi connectivity index (χ1v) is 20.6. The van der Waals surface area contributed by atoms with Crippen LogP contribution in [0.15, 0.2) is 36.4 Å². The number of benzene rings is 1. The third kappa shape index (κ3) is 7.96. The van der Waals surface area contributed by atoms with E-state index in [0.29, 0.717) is 9.75 Å². The molecular formula is C36H40N2O4S5. The molecule has 0 bridgehead atoms. The molecule has 1 aromatic carbocycles. The van der Waals surface area contributed by atoms with Crippen molar-refractivity contribution in [2.75, 3.05) is 0 Å². The molecule has 0 aliphatic carbocycles. The van der Waals surface area contributed by atoms with Crippen LogP contribution in [-0.2, 0) is 9.47 Å². The predicted octanol–water partition coefficient (Wildman–Crippen LogP) is 12.6. The number of esters is 2. The van der Waals surface area contributed by atoms with Gasteiger partial charge in [0.1, 0.15) is 20.8 Å². The molecule has 0 N–H and O–H groups in total. The first-order valence-electron chi connectivity index (χ1n) is 16.6. The summed E-state index contributed by atoms with van der Waals surface area (Å²) >= 11 is 7.53. The molecule has 5 heterocycles. The van der Waals surface area contributed by atoms with Crippen LogP contribution in [0.1, 0.15) is 111 Å². The van der Waals surface area contributed by atoms with Crippen LogP contribution in [0, 0.1) is 0 Å². The number of thiophene rings is 4. The summed E-state index contributed by atoms with van der Waals surface area (Å²) in [6.45, 7) is 8.37. The molecule has 47 heavy (non-hydrogen) atoms. The zero-order valence-corrected chi connectivity index (χ0v) is 31.3. The molecule has 6 nitrogen and oxygen atoms in total. The molecule has 2 atom stereocenters. The molecular weight excluding hydrogens is 685 g/mol. The smallest absolute Gasteiger partial charge is 0.348 e. The molecule has 6 aromatic rings. The zero-order chi connectivity index (χ0) is 32.9. The van der Waals surface area contributed by atoms with Gasteiger partial charge in [-0.3, -0.25) is 0 Å². The van der Waals surface area contributed by atoms with E-state index in [4.69, 9.17) is 18.2 Å². The molecule has 0 aliphatic heterocycles. The third-order valence-corrected chi connectivity index (χ3v) is 13.4. The van der Waals surface area contributed by atoms with Gasteiger partial charge in [-0.15, -0.1) is 45.3 Å². The Hall–Kier alpha value is -2.70. The maximum atomic E-state index is 12.8. The molecule has 0 saturated heterocycles. The van der Waals surface area contributed by atoms with E-state index in [-0.39, 0.29) is 24.1 Å². The molecule has 0 saturated carbocycles. The van der Waals surface area contributed by atoms with Gasteiger partial charge >= 0.3 is 11.9 Å². The fourth-order valence-electron chi connectivity index (χ4n) is 5.72. The summed E-state index contributed by atoms with van der Waals surface area (Å²) in [7, 11) is 0. The number of hydrogen-bond acceptors (Lipinski definition) is 11. The second-order valence-electron chi connectivity index (χ2n) is 12.2. The monoisotopic (exact) mass is 724 g/mol. The number of hydrogen-bond donors (Lipinski definition) is 0. The average Bonchev–Trinajstić information content (AvgIpc) is 3.86. The number of unbranched alkanes of at least 4 members (excludes halogenated alkanes) is 6. The van der Waals surface area contributed by atoms with Crippen molar-refractivity contribution in [2.45, 2.75) is 104 Å². The van der Waals surface area contributed by atoms with E-state index in [9.17, 15) is 9.59 Å². The van der Waals surface area contributed by atoms with Gasteiger partial charge in [0.15, 0.2) is 0 Å². The van der Waals surface area contributed by atoms with Gasteiger partial charge in [0.05, 0.1) is 23.9 Å². The Morgan fingerprint density at radius 3 is 1.45 bits per heavy atom. The van der Waals surface area contributed by atoms with Crippen LogP contribution in [0.2, 0.25) is 0 Å². The van der Waals surface area contributed by atoms with Crippen molar-refractivity contribution in [3.8, 4) is 20.9 Å². The fourth-order valence-corrected chi connectivity index (χ4v) is 10.9. The van der Waals surface area contributed by atoms with Crippen molar-refractivity contribution >= 4 is 98.8 Å². The second kappa shape index (κ2) is 15.7. The van der Waals surface area contributed by atoms with Crippen LogP contribution >= 0.6 is 57.1 Å². The SMILES string of the molecule is CCCCCC[C@H](C)OC(=O)c1cc2sc(-c3ccc(-c4cc5sc(C(=O)O[C@@H](C)CCCCCC)cc5s4)c4nsnc34)cc2s1. The van der Waals surface area contributed by atoms with Gasteiger partial charge in [0.2, 0.25) is 0 Å². The number of carbonyl (C=O) groups excluding carboxylic acids is 2. The maximum Gasteiger partial charge on any atom is 0.348 e. The van der Waals surface area contributed by atoms with E-state index in [1.807, 2.05) is 26.0 Å². The van der Waals surface area contributed by atoms with Crippen molar-refractivity contribution in [2.24, 2.45) is 0 Å². The van der Waals surface area contributed by atoms with E-state index in [1.54, 1.807) is 22.7 Å². The molecule has 5 aromatic heterocycles. The molecule has 0 fully saturated rings. The highest BCUT2D eigenvalue weighted by atomic mass is 32.1. The first-order chi connectivity index (χ1) is 22.8. The highest BCUT2D eigenvalue weighted by Crippen LogP contribution is 2.45. The number of nitrogens with zero attached hydrogens (tertiary/aromatic N) is 2. The van der Waals surface area contributed by atoms with E-state index in [0.717, 1.165) is 76.4 Å². The summed E-state index contributed by atoms with van der Waals surface area (Å²) in [5.41, 5.74) is 3.85. The normalized spacial score (nSPS) is 13.1. The standard InChI is InChI=1S/C36H40N2O4S5/c1-5-7-9-11-13-21(3)41-35(39)31-19-29-27(45-31)17-25(43-29)23-15-16-24(34-33(23)37-47-38-34)26-18-28-30(44-26)20-32(46-28)36(40)42-22(4)14-12-10-8-6-2/h15-22H,5-14H2,1-4H3/t21-,22-/m0/s1. The third-order valence-electron chi connectivity index (χ3n) is 8.31. The number of ether oxygens (including phenoxy) is 2. The number of carbonyl (C=O) groups is 2. The van der Waals surface area contributed by atoms with Gasteiger partial charge in [-0.05, 0) is 63.8 Å². The molecule has 0 radical (unpaired) electrons. The lowest BCUT2D eigenvalue weighted by molar-refractivity contribution is 0.0315. The Bertz CT molecular complexity index is 1780. The summed E-state index contributed by atoms with van der Waals surface area (Å²) in [6.07, 6.45) is 11.0. The zero-order valence-electron chi connectivity index (χ0n) is 27.3. The van der Waals surface area contributed by atoms with Crippen LogP contribution in [0.25, 0.3) is 50.7 Å². The van der Waals surface area contributed by atoms with Gasteiger partial charge in [-0.2, -0.15) is 8.75 Å². The number of rotatable bonds is 16. The molecule has 0 aliphatic rings. The van der Waals surface area contributed by atoms with Crippen LogP contribution in [0.5, 0.6) is 0 Å². The molecule has 248 valence electrons. The molecule has 6 rings (SSSR count). The number of aromatic nitrogens is 2. The summed E-state index contributed by atoms with van der Waals surface area (Å²) in [5, 5.41) is 0. The van der Waals surface area contributed by atoms with Gasteiger partial charge < -0.3 is 9.47 Å². The lowest BCUT2D eigenvalue weighted by atomic mass is 10.1. The number of fused-ring (bicyclic) bond motifs is 3. The van der Waals surface area contributed by atoms with Crippen LogP contribution < -0.4 is 0 Å². The Kier molecular flexibility index (Phi) is 11.4. The summed E-state index contributed by atoms with van der Waals surface area (Å²) in [5.74, 6) is -0.462. The summed E-state index contributed by atoms with van der Waals surface area (Å²) < 4.78 is 25.2. The predicted molar refractivity (Wildman–Crippen MR) is 202 cm³/mol. The Balaban J connectivity index is 1.15. The van der Waals surface area contributed by atoms with E-state index in [1.165, 1.54) is 72.9 Å². The van der Waals surface area contributed by atoms with Crippen molar-refractivity contribution in [1.82, 2.24) is 8.75 Å². The fraction of sp³-hybridized carbons (Fsp3) is 0.444. The Labute approximate surface area is 296 Å². The minimum atomic E-state index is -0.231. The molecule has 0 amide bonds. The minimum Gasteiger partial charge on any atom is -0.458 e. The molecule has 0 spiro atoms. The van der Waals surface area contributed by atoms with Crippen molar-refractivity contribution in [1.29, 1.82) is 0 Å². The summed E-state index contributed by atoms with van der Waals surface area (Å²) in [4.78, 5) is 29.2. The Morgan fingerprint density at radius 2 is 1.04 bits per heavy atom. The van der Waals surface area contributed by atoms with Gasteiger partial charge in [0, 0.05) is 39.7 Å².